The topological polar surface area (TPSA) is 111 Å². The zero-order valence-corrected chi connectivity index (χ0v) is 54.3. The third kappa shape index (κ3) is 60.6. The average Bonchev–Trinajstić information content (AvgIpc) is 3.41. The molecule has 9 nitrogen and oxygen atoms in total. The van der Waals surface area contributed by atoms with Crippen LogP contribution in [0.15, 0.2) is 36.5 Å². The molecule has 0 aromatic carbocycles. The van der Waals surface area contributed by atoms with Crippen molar-refractivity contribution in [2.45, 2.75) is 354 Å². The number of allylic oxidation sites excluding steroid dienone is 5. The van der Waals surface area contributed by atoms with Crippen molar-refractivity contribution >= 4 is 19.7 Å². The summed E-state index contributed by atoms with van der Waals surface area (Å²) in [5.74, 6) is -0.499. The van der Waals surface area contributed by atoms with Gasteiger partial charge >= 0.3 is 13.8 Å². The van der Waals surface area contributed by atoms with Crippen molar-refractivity contribution in [1.29, 1.82) is 0 Å². The Balaban J connectivity index is 5.05. The number of carbonyl (C=O) groups is 2. The minimum absolute atomic E-state index is 0.0410. The first-order chi connectivity index (χ1) is 38.4. The molecule has 3 atom stereocenters. The van der Waals surface area contributed by atoms with Gasteiger partial charge in [0.05, 0.1) is 33.8 Å². The highest BCUT2D eigenvalue weighted by atomic mass is 31.2. The predicted octanol–water partition coefficient (Wildman–Crippen LogP) is 21.5. The number of likely N-dealkylation sites (N-methyl/N-ethyl adjacent to an activating group) is 1. The van der Waals surface area contributed by atoms with Crippen molar-refractivity contribution in [3.8, 4) is 0 Å². The smallest absolute Gasteiger partial charge is 0.456 e. The van der Waals surface area contributed by atoms with Crippen LogP contribution in [0.3, 0.4) is 0 Å². The Morgan fingerprint density at radius 2 is 0.734 bits per heavy atom. The molecule has 1 amide bonds. The summed E-state index contributed by atoms with van der Waals surface area (Å²) in [5.41, 5.74) is 0. The second-order valence-electron chi connectivity index (χ2n) is 24.7. The molecule has 0 radical (unpaired) electrons. The first-order valence-electron chi connectivity index (χ1n) is 34.3. The van der Waals surface area contributed by atoms with Crippen molar-refractivity contribution in [3.05, 3.63) is 36.5 Å². The molecular weight excluding hydrogens is 1000 g/mol. The third-order valence-electron chi connectivity index (χ3n) is 15.6. The highest BCUT2D eigenvalue weighted by molar-refractivity contribution is 7.47. The van der Waals surface area contributed by atoms with Gasteiger partial charge in [-0.15, -0.1) is 0 Å². The van der Waals surface area contributed by atoms with E-state index in [1.807, 2.05) is 33.3 Å². The minimum Gasteiger partial charge on any atom is -0.456 e. The molecule has 0 aliphatic heterocycles. The lowest BCUT2D eigenvalue weighted by atomic mass is 10.0. The summed E-state index contributed by atoms with van der Waals surface area (Å²) in [6.07, 6.45) is 73.0. The van der Waals surface area contributed by atoms with Crippen LogP contribution in [0.5, 0.6) is 0 Å². The minimum atomic E-state index is -4.45. The van der Waals surface area contributed by atoms with Crippen LogP contribution >= 0.6 is 7.82 Å². The maximum absolute atomic E-state index is 13.6. The fraction of sp³-hybridized carbons (Fsp3) is 0.884. The Morgan fingerprint density at radius 3 is 1.08 bits per heavy atom. The first kappa shape index (κ1) is 77.2. The van der Waals surface area contributed by atoms with Gasteiger partial charge in [-0.2, -0.15) is 0 Å². The number of rotatable bonds is 63. The molecule has 10 heteroatoms. The number of nitrogens with one attached hydrogen (secondary N) is 1. The zero-order chi connectivity index (χ0) is 57.9. The van der Waals surface area contributed by atoms with E-state index in [-0.39, 0.29) is 25.1 Å². The molecule has 0 rings (SSSR count). The van der Waals surface area contributed by atoms with Crippen molar-refractivity contribution in [2.75, 3.05) is 40.9 Å². The van der Waals surface area contributed by atoms with E-state index in [0.29, 0.717) is 23.9 Å². The van der Waals surface area contributed by atoms with Crippen LogP contribution in [0, 0.1) is 0 Å². The number of quaternary nitrogens is 1. The molecule has 0 aliphatic rings. The summed E-state index contributed by atoms with van der Waals surface area (Å²) in [6.45, 7) is 7.04. The fourth-order valence-corrected chi connectivity index (χ4v) is 11.0. The largest absolute Gasteiger partial charge is 0.472 e. The van der Waals surface area contributed by atoms with Crippen LogP contribution in [-0.4, -0.2) is 74.3 Å². The molecule has 466 valence electrons. The summed E-state index contributed by atoms with van der Waals surface area (Å²) < 4.78 is 30.8. The van der Waals surface area contributed by atoms with E-state index < -0.39 is 20.0 Å². The number of esters is 1. The Labute approximate surface area is 491 Å². The number of phosphoric acid groups is 1. The molecule has 3 unspecified atom stereocenters. The Kier molecular flexibility index (Phi) is 58.1. The normalized spacial score (nSPS) is 13.8. The van der Waals surface area contributed by atoms with Crippen LogP contribution in [0.25, 0.3) is 0 Å². The molecule has 2 N–H and O–H groups in total. The van der Waals surface area contributed by atoms with Gasteiger partial charge in [0.2, 0.25) is 5.91 Å². The van der Waals surface area contributed by atoms with Gasteiger partial charge < -0.3 is 19.4 Å². The number of amides is 1. The molecule has 79 heavy (non-hydrogen) atoms. The maximum Gasteiger partial charge on any atom is 0.472 e. The van der Waals surface area contributed by atoms with E-state index in [2.05, 4.69) is 50.4 Å². The summed E-state index contributed by atoms with van der Waals surface area (Å²) in [7, 11) is 1.50. The van der Waals surface area contributed by atoms with Gasteiger partial charge in [0.1, 0.15) is 19.3 Å². The second-order valence-corrected chi connectivity index (χ2v) is 26.1. The van der Waals surface area contributed by atoms with Crippen LogP contribution < -0.4 is 5.32 Å². The number of hydrogen-bond donors (Lipinski definition) is 2. The molecule has 0 aromatic heterocycles. The zero-order valence-electron chi connectivity index (χ0n) is 53.4. The molecule has 0 saturated heterocycles. The van der Waals surface area contributed by atoms with E-state index in [1.165, 1.54) is 231 Å². The molecule has 0 aromatic rings. The SMILES string of the molecule is CCCCCCCC/C=C/CCCCCCCCCCCCCCCCCC(=O)OC(/C=C\CCCCCCCCCCCC)C(COP(=O)(O)OCC[N+](C)(C)C)NC(=O)CCCCCCC/C=C/CCCCCCCCC. The van der Waals surface area contributed by atoms with Gasteiger partial charge in [-0.05, 0) is 83.1 Å². The quantitative estimate of drug-likeness (QED) is 0.0205. The monoisotopic (exact) mass is 1130 g/mol. The van der Waals surface area contributed by atoms with E-state index >= 15 is 0 Å². The first-order valence-corrected chi connectivity index (χ1v) is 35.8. The molecule has 0 saturated carbocycles. The maximum atomic E-state index is 13.6. The summed E-state index contributed by atoms with van der Waals surface area (Å²) in [4.78, 5) is 37.8. The van der Waals surface area contributed by atoms with Gasteiger partial charge in [0.15, 0.2) is 0 Å². The average molecular weight is 1130 g/mol. The third-order valence-corrected chi connectivity index (χ3v) is 16.5. The number of unbranched alkanes of at least 4 members (excludes halogenated alkanes) is 43. The number of carbonyl (C=O) groups excluding carboxylic acids is 2. The van der Waals surface area contributed by atoms with Crippen LogP contribution in [-0.2, 0) is 27.9 Å². The number of ether oxygens (including phenoxy) is 1. The molecule has 0 spiro atoms. The number of phosphoric ester groups is 1. The highest BCUT2D eigenvalue weighted by Gasteiger charge is 2.30. The van der Waals surface area contributed by atoms with E-state index in [1.54, 1.807) is 0 Å². The van der Waals surface area contributed by atoms with Crippen LogP contribution in [0.4, 0.5) is 0 Å². The van der Waals surface area contributed by atoms with Crippen molar-refractivity contribution < 1.29 is 37.3 Å². The fourth-order valence-electron chi connectivity index (χ4n) is 10.2. The Bertz CT molecular complexity index is 1450. The molecular formula is C69H134N2O7P+. The van der Waals surface area contributed by atoms with E-state index in [9.17, 15) is 19.0 Å². The molecule has 0 heterocycles. The second kappa shape index (κ2) is 59.4. The van der Waals surface area contributed by atoms with Crippen molar-refractivity contribution in [1.82, 2.24) is 5.32 Å². The summed E-state index contributed by atoms with van der Waals surface area (Å²) >= 11 is 0. The molecule has 0 bridgehead atoms. The Morgan fingerprint density at radius 1 is 0.430 bits per heavy atom. The number of hydrogen-bond acceptors (Lipinski definition) is 6. The van der Waals surface area contributed by atoms with Crippen molar-refractivity contribution in [2.24, 2.45) is 0 Å². The van der Waals surface area contributed by atoms with Crippen LogP contribution in [0.1, 0.15) is 342 Å². The van der Waals surface area contributed by atoms with E-state index in [0.717, 1.165) is 77.0 Å². The predicted molar refractivity (Wildman–Crippen MR) is 342 cm³/mol. The lowest BCUT2D eigenvalue weighted by Gasteiger charge is -2.27. The Hall–Kier alpha value is -1.77. The van der Waals surface area contributed by atoms with E-state index in [4.69, 9.17) is 13.8 Å². The molecule has 0 fully saturated rings. The lowest BCUT2D eigenvalue weighted by Crippen LogP contribution is -2.47. The van der Waals surface area contributed by atoms with Gasteiger partial charge in [0, 0.05) is 12.8 Å². The highest BCUT2D eigenvalue weighted by Crippen LogP contribution is 2.43. The number of nitrogens with zero attached hydrogens (tertiary/aromatic N) is 1. The standard InChI is InChI=1S/C69H133N2O7P/c1-7-10-13-16-19-22-25-28-30-32-33-34-35-36-37-38-39-40-42-44-47-50-53-56-59-62-69(73)78-67(60-57-54-51-48-45-27-24-21-18-15-12-9-3)66(65-77-79(74,75)76-64-63-71(4,5)6)70-68(72)61-58-55-52-49-46-43-41-31-29-26-23-20-17-14-11-8-2/h28,30-31,41,57,60,66-67H,7-27,29,32-40,42-56,58-59,61-65H2,1-6H3,(H-,70,72,74,75)/p+1/b30-28+,41-31+,60-57-. The van der Waals surface area contributed by atoms with Crippen LogP contribution in [0.2, 0.25) is 0 Å². The van der Waals surface area contributed by atoms with Gasteiger partial charge in [-0.25, -0.2) is 4.57 Å². The van der Waals surface area contributed by atoms with Gasteiger partial charge in [-0.3, -0.25) is 18.6 Å². The summed E-state index contributed by atoms with van der Waals surface area (Å²) in [5, 5.41) is 3.06. The molecule has 0 aliphatic carbocycles. The van der Waals surface area contributed by atoms with Gasteiger partial charge in [0.25, 0.3) is 0 Å². The van der Waals surface area contributed by atoms with Gasteiger partial charge in [-0.1, -0.05) is 282 Å². The summed E-state index contributed by atoms with van der Waals surface area (Å²) in [6, 6.07) is -0.849. The van der Waals surface area contributed by atoms with Crippen molar-refractivity contribution in [3.63, 3.8) is 0 Å². The lowest BCUT2D eigenvalue weighted by molar-refractivity contribution is -0.870.